The molecule has 0 saturated heterocycles. The third kappa shape index (κ3) is 3.93. The van der Waals surface area contributed by atoms with Gasteiger partial charge in [-0.3, -0.25) is 9.48 Å². The Morgan fingerprint density at radius 1 is 1.41 bits per heavy atom. The standard InChI is InChI=1S/C21H25N5O3/c1-4-19-23-20(25-29-19)15-5-7-16-14(11-15)6-8-18(16)22-21(27)17-12-26(9-10-28-3)24-13(17)2/h5,7,11-12,18H,4,6,8-10H2,1-3H3,(H,22,27). The van der Waals surface area contributed by atoms with Gasteiger partial charge in [0, 0.05) is 25.3 Å². The van der Waals surface area contributed by atoms with Crippen LogP contribution in [0.2, 0.25) is 0 Å². The lowest BCUT2D eigenvalue weighted by Crippen LogP contribution is -2.27. The summed E-state index contributed by atoms with van der Waals surface area (Å²) in [5.41, 5.74) is 4.62. The minimum Gasteiger partial charge on any atom is -0.383 e. The number of aromatic nitrogens is 4. The highest BCUT2D eigenvalue weighted by Gasteiger charge is 2.26. The van der Waals surface area contributed by atoms with Crippen molar-refractivity contribution in [1.82, 2.24) is 25.2 Å². The van der Waals surface area contributed by atoms with E-state index in [9.17, 15) is 4.79 Å². The van der Waals surface area contributed by atoms with E-state index >= 15 is 0 Å². The maximum Gasteiger partial charge on any atom is 0.255 e. The number of benzene rings is 1. The number of amides is 1. The number of carbonyl (C=O) groups is 1. The molecule has 2 heterocycles. The number of aryl methyl sites for hydroxylation is 3. The quantitative estimate of drug-likeness (QED) is 0.661. The molecule has 0 saturated carbocycles. The predicted molar refractivity (Wildman–Crippen MR) is 106 cm³/mol. The highest BCUT2D eigenvalue weighted by molar-refractivity contribution is 5.95. The van der Waals surface area contributed by atoms with Gasteiger partial charge in [-0.1, -0.05) is 24.2 Å². The Morgan fingerprint density at radius 2 is 2.28 bits per heavy atom. The summed E-state index contributed by atoms with van der Waals surface area (Å²) in [4.78, 5) is 17.2. The van der Waals surface area contributed by atoms with Crippen molar-refractivity contribution in [3.63, 3.8) is 0 Å². The molecule has 1 atom stereocenters. The summed E-state index contributed by atoms with van der Waals surface area (Å²) >= 11 is 0. The van der Waals surface area contributed by atoms with Crippen LogP contribution < -0.4 is 5.32 Å². The molecule has 1 aliphatic carbocycles. The van der Waals surface area contributed by atoms with E-state index in [4.69, 9.17) is 9.26 Å². The average Bonchev–Trinajstić information content (AvgIpc) is 3.44. The second kappa shape index (κ2) is 8.16. The number of nitrogens with one attached hydrogen (secondary N) is 1. The Labute approximate surface area is 169 Å². The van der Waals surface area contributed by atoms with E-state index in [1.165, 1.54) is 5.56 Å². The maximum absolute atomic E-state index is 12.8. The first-order valence-corrected chi connectivity index (χ1v) is 9.88. The van der Waals surface area contributed by atoms with E-state index < -0.39 is 0 Å². The molecule has 8 nitrogen and oxygen atoms in total. The van der Waals surface area contributed by atoms with Crippen molar-refractivity contribution in [3.05, 3.63) is 52.7 Å². The van der Waals surface area contributed by atoms with Gasteiger partial charge in [-0.15, -0.1) is 0 Å². The molecule has 2 aromatic heterocycles. The molecular formula is C21H25N5O3. The van der Waals surface area contributed by atoms with Crippen LogP contribution in [-0.2, 0) is 24.1 Å². The molecule has 1 aliphatic rings. The molecule has 0 bridgehead atoms. The predicted octanol–water partition coefficient (Wildman–Crippen LogP) is 2.87. The van der Waals surface area contributed by atoms with Crippen LogP contribution in [0.4, 0.5) is 0 Å². The van der Waals surface area contributed by atoms with Crippen molar-refractivity contribution in [2.24, 2.45) is 0 Å². The zero-order chi connectivity index (χ0) is 20.4. The number of hydrogen-bond donors (Lipinski definition) is 1. The van der Waals surface area contributed by atoms with E-state index in [1.54, 1.807) is 18.0 Å². The molecule has 0 radical (unpaired) electrons. The molecule has 4 rings (SSSR count). The van der Waals surface area contributed by atoms with Gasteiger partial charge in [0.25, 0.3) is 5.91 Å². The molecule has 0 fully saturated rings. The minimum atomic E-state index is -0.0983. The normalized spacial score (nSPS) is 15.5. The maximum atomic E-state index is 12.8. The Morgan fingerprint density at radius 3 is 3.03 bits per heavy atom. The largest absolute Gasteiger partial charge is 0.383 e. The molecular weight excluding hydrogens is 370 g/mol. The first-order chi connectivity index (χ1) is 14.1. The van der Waals surface area contributed by atoms with Crippen molar-refractivity contribution in [2.45, 2.75) is 45.7 Å². The van der Waals surface area contributed by atoms with Gasteiger partial charge in [0.2, 0.25) is 11.7 Å². The lowest BCUT2D eigenvalue weighted by molar-refractivity contribution is 0.0936. The number of hydrogen-bond acceptors (Lipinski definition) is 6. The number of fused-ring (bicyclic) bond motifs is 1. The second-order valence-electron chi connectivity index (χ2n) is 7.23. The molecule has 1 aromatic carbocycles. The van der Waals surface area contributed by atoms with E-state index in [0.717, 1.165) is 29.7 Å². The first kappa shape index (κ1) is 19.3. The SMILES string of the molecule is CCc1nc(-c2ccc3c(c2)CCC3NC(=O)c2cn(CCOC)nc2C)no1. The van der Waals surface area contributed by atoms with Gasteiger partial charge in [-0.25, -0.2) is 0 Å². The van der Waals surface area contributed by atoms with Crippen LogP contribution >= 0.6 is 0 Å². The topological polar surface area (TPSA) is 95.1 Å². The number of ether oxygens (including phenoxy) is 1. The molecule has 29 heavy (non-hydrogen) atoms. The monoisotopic (exact) mass is 395 g/mol. The van der Waals surface area contributed by atoms with Crippen LogP contribution in [0.3, 0.4) is 0 Å². The van der Waals surface area contributed by atoms with Gasteiger partial charge < -0.3 is 14.6 Å². The van der Waals surface area contributed by atoms with Crippen LogP contribution in [-0.4, -0.2) is 39.5 Å². The van der Waals surface area contributed by atoms with Crippen LogP contribution in [0, 0.1) is 6.92 Å². The fraction of sp³-hybridized carbons (Fsp3) is 0.429. The van der Waals surface area contributed by atoms with Crippen LogP contribution in [0.25, 0.3) is 11.4 Å². The van der Waals surface area contributed by atoms with Crippen LogP contribution in [0.5, 0.6) is 0 Å². The van der Waals surface area contributed by atoms with E-state index in [2.05, 4.69) is 32.7 Å². The van der Waals surface area contributed by atoms with Crippen LogP contribution in [0.1, 0.15) is 52.5 Å². The van der Waals surface area contributed by atoms with Gasteiger partial charge in [-0.05, 0) is 37.0 Å². The molecule has 3 aromatic rings. The van der Waals surface area contributed by atoms with Gasteiger partial charge >= 0.3 is 0 Å². The Kier molecular flexibility index (Phi) is 5.44. The molecule has 1 amide bonds. The third-order valence-corrected chi connectivity index (χ3v) is 5.27. The van der Waals surface area contributed by atoms with Gasteiger partial charge in [0.1, 0.15) is 0 Å². The van der Waals surface area contributed by atoms with Gasteiger partial charge in [0.15, 0.2) is 0 Å². The molecule has 0 spiro atoms. The van der Waals surface area contributed by atoms with E-state index in [-0.39, 0.29) is 11.9 Å². The van der Waals surface area contributed by atoms with E-state index in [1.807, 2.05) is 19.9 Å². The number of nitrogens with zero attached hydrogens (tertiary/aromatic N) is 4. The van der Waals surface area contributed by atoms with Gasteiger partial charge in [-0.2, -0.15) is 10.1 Å². The number of rotatable bonds is 7. The minimum absolute atomic E-state index is 0.00949. The average molecular weight is 395 g/mol. The Hall–Kier alpha value is -3.00. The second-order valence-corrected chi connectivity index (χ2v) is 7.23. The van der Waals surface area contributed by atoms with Crippen molar-refractivity contribution < 1.29 is 14.1 Å². The summed E-state index contributed by atoms with van der Waals surface area (Å²) in [5, 5.41) is 11.6. The molecule has 8 heteroatoms. The van der Waals surface area contributed by atoms with Crippen molar-refractivity contribution in [1.29, 1.82) is 0 Å². The summed E-state index contributed by atoms with van der Waals surface area (Å²) < 4.78 is 12.0. The molecule has 1 unspecified atom stereocenters. The zero-order valence-corrected chi connectivity index (χ0v) is 16.9. The lowest BCUT2D eigenvalue weighted by atomic mass is 10.0. The van der Waals surface area contributed by atoms with Crippen molar-refractivity contribution >= 4 is 5.91 Å². The lowest BCUT2D eigenvalue weighted by Gasteiger charge is -2.14. The summed E-state index contributed by atoms with van der Waals surface area (Å²) in [5.74, 6) is 1.14. The highest BCUT2D eigenvalue weighted by Crippen LogP contribution is 2.34. The fourth-order valence-electron chi connectivity index (χ4n) is 3.70. The Bertz CT molecular complexity index is 1020. The summed E-state index contributed by atoms with van der Waals surface area (Å²) in [6.45, 7) is 5.01. The first-order valence-electron chi connectivity index (χ1n) is 9.88. The van der Waals surface area contributed by atoms with Gasteiger partial charge in [0.05, 0.1) is 30.5 Å². The molecule has 1 N–H and O–H groups in total. The highest BCUT2D eigenvalue weighted by atomic mass is 16.5. The van der Waals surface area contributed by atoms with Crippen molar-refractivity contribution in [2.75, 3.05) is 13.7 Å². The third-order valence-electron chi connectivity index (χ3n) is 5.27. The number of carbonyl (C=O) groups excluding carboxylic acids is 1. The Balaban J connectivity index is 1.48. The zero-order valence-electron chi connectivity index (χ0n) is 16.9. The summed E-state index contributed by atoms with van der Waals surface area (Å²) in [6, 6.07) is 6.13. The van der Waals surface area contributed by atoms with Crippen LogP contribution in [0.15, 0.2) is 28.9 Å². The molecule has 0 aliphatic heterocycles. The number of methoxy groups -OCH3 is 1. The molecule has 152 valence electrons. The smallest absolute Gasteiger partial charge is 0.255 e. The summed E-state index contributed by atoms with van der Waals surface area (Å²) in [7, 11) is 1.65. The van der Waals surface area contributed by atoms with E-state index in [0.29, 0.717) is 36.9 Å². The van der Waals surface area contributed by atoms with Crippen molar-refractivity contribution in [3.8, 4) is 11.4 Å². The fourth-order valence-corrected chi connectivity index (χ4v) is 3.70. The summed E-state index contributed by atoms with van der Waals surface area (Å²) in [6.07, 6.45) is 4.27.